The number of benzene rings is 3. The van der Waals surface area contributed by atoms with E-state index >= 15 is 0 Å². The van der Waals surface area contributed by atoms with Gasteiger partial charge in [0.2, 0.25) is 0 Å². The summed E-state index contributed by atoms with van der Waals surface area (Å²) >= 11 is 1.50. The molecule has 1 N–H and O–H groups in total. The topological polar surface area (TPSA) is 29.1 Å². The molecule has 0 atom stereocenters. The van der Waals surface area contributed by atoms with Crippen LogP contribution in [0.4, 0.5) is 0 Å². The molecule has 4 aromatic rings. The SMILES string of the molecule is Cc1ccc(-c2ccsc2C(=O)NCCC(c2ccccc2)c2ccccc2)cc1. The molecule has 4 rings (SSSR count). The monoisotopic (exact) mass is 411 g/mol. The zero-order chi connectivity index (χ0) is 20.8. The summed E-state index contributed by atoms with van der Waals surface area (Å²) in [6, 6.07) is 31.4. The molecule has 2 nitrogen and oxygen atoms in total. The summed E-state index contributed by atoms with van der Waals surface area (Å²) in [6.07, 6.45) is 0.852. The predicted molar refractivity (Wildman–Crippen MR) is 126 cm³/mol. The van der Waals surface area contributed by atoms with Gasteiger partial charge in [-0.3, -0.25) is 4.79 Å². The first-order valence-electron chi connectivity index (χ1n) is 10.2. The number of hydrogen-bond donors (Lipinski definition) is 1. The quantitative estimate of drug-likeness (QED) is 0.361. The van der Waals surface area contributed by atoms with Crippen molar-refractivity contribution in [2.45, 2.75) is 19.3 Å². The molecule has 0 spiro atoms. The second kappa shape index (κ2) is 9.55. The number of thiophene rings is 1. The van der Waals surface area contributed by atoms with E-state index in [1.807, 2.05) is 23.6 Å². The van der Waals surface area contributed by atoms with E-state index in [9.17, 15) is 4.79 Å². The van der Waals surface area contributed by atoms with Crippen molar-refractivity contribution in [3.63, 3.8) is 0 Å². The Labute approximate surface area is 182 Å². The lowest BCUT2D eigenvalue weighted by atomic mass is 9.88. The first-order chi connectivity index (χ1) is 14.7. The molecule has 1 amide bonds. The Morgan fingerprint density at radius 1 is 0.833 bits per heavy atom. The zero-order valence-corrected chi connectivity index (χ0v) is 17.9. The highest BCUT2D eigenvalue weighted by atomic mass is 32.1. The highest BCUT2D eigenvalue weighted by molar-refractivity contribution is 7.12. The summed E-state index contributed by atoms with van der Waals surface area (Å²) in [5.74, 6) is 0.257. The fourth-order valence-electron chi connectivity index (χ4n) is 3.75. The molecule has 30 heavy (non-hydrogen) atoms. The summed E-state index contributed by atoms with van der Waals surface area (Å²) in [5.41, 5.74) is 5.84. The molecule has 0 saturated carbocycles. The van der Waals surface area contributed by atoms with Crippen molar-refractivity contribution in [1.29, 1.82) is 0 Å². The summed E-state index contributed by atoms with van der Waals surface area (Å²) in [7, 11) is 0. The van der Waals surface area contributed by atoms with Crippen LogP contribution in [0.3, 0.4) is 0 Å². The number of nitrogens with one attached hydrogen (secondary N) is 1. The Bertz CT molecular complexity index is 1050. The lowest BCUT2D eigenvalue weighted by Crippen LogP contribution is -2.25. The van der Waals surface area contributed by atoms with Crippen LogP contribution in [0.1, 0.15) is 38.7 Å². The molecule has 0 fully saturated rings. The van der Waals surface area contributed by atoms with E-state index in [0.29, 0.717) is 6.54 Å². The molecule has 0 aliphatic rings. The maximum Gasteiger partial charge on any atom is 0.261 e. The fourth-order valence-corrected chi connectivity index (χ4v) is 4.58. The van der Waals surface area contributed by atoms with Gasteiger partial charge in [0, 0.05) is 18.0 Å². The van der Waals surface area contributed by atoms with Gasteiger partial charge in [0.25, 0.3) is 5.91 Å². The van der Waals surface area contributed by atoms with E-state index in [-0.39, 0.29) is 11.8 Å². The minimum absolute atomic E-state index is 0.000415. The van der Waals surface area contributed by atoms with Gasteiger partial charge in [-0.15, -0.1) is 11.3 Å². The molecule has 1 heterocycles. The minimum atomic E-state index is 0.000415. The maximum atomic E-state index is 12.9. The summed E-state index contributed by atoms with van der Waals surface area (Å²) in [4.78, 5) is 13.7. The number of amides is 1. The number of rotatable bonds is 7. The zero-order valence-electron chi connectivity index (χ0n) is 17.0. The average Bonchev–Trinajstić information content (AvgIpc) is 3.28. The van der Waals surface area contributed by atoms with Gasteiger partial charge in [-0.1, -0.05) is 90.5 Å². The molecule has 0 bridgehead atoms. The van der Waals surface area contributed by atoms with Gasteiger partial charge in [-0.05, 0) is 41.5 Å². The lowest BCUT2D eigenvalue weighted by molar-refractivity contribution is 0.0957. The largest absolute Gasteiger partial charge is 0.351 e. The van der Waals surface area contributed by atoms with Crippen molar-refractivity contribution in [1.82, 2.24) is 5.32 Å². The molecule has 0 radical (unpaired) electrons. The van der Waals surface area contributed by atoms with Gasteiger partial charge < -0.3 is 5.32 Å². The van der Waals surface area contributed by atoms with Gasteiger partial charge in [0.05, 0.1) is 4.88 Å². The lowest BCUT2D eigenvalue weighted by Gasteiger charge is -2.18. The summed E-state index contributed by atoms with van der Waals surface area (Å²) in [5, 5.41) is 5.14. The van der Waals surface area contributed by atoms with Gasteiger partial charge in [-0.2, -0.15) is 0 Å². The maximum absolute atomic E-state index is 12.9. The molecule has 0 aliphatic carbocycles. The van der Waals surface area contributed by atoms with Crippen LogP contribution in [-0.4, -0.2) is 12.5 Å². The van der Waals surface area contributed by atoms with E-state index in [2.05, 4.69) is 85.0 Å². The van der Waals surface area contributed by atoms with E-state index in [1.54, 1.807) is 0 Å². The molecular weight excluding hydrogens is 386 g/mol. The normalized spacial score (nSPS) is 10.9. The molecule has 3 heteroatoms. The molecule has 1 aromatic heterocycles. The van der Waals surface area contributed by atoms with Crippen LogP contribution in [0.25, 0.3) is 11.1 Å². The van der Waals surface area contributed by atoms with Crippen LogP contribution in [0.15, 0.2) is 96.4 Å². The fraction of sp³-hybridized carbons (Fsp3) is 0.148. The van der Waals surface area contributed by atoms with Gasteiger partial charge in [0.15, 0.2) is 0 Å². The third kappa shape index (κ3) is 4.69. The van der Waals surface area contributed by atoms with Crippen molar-refractivity contribution in [3.05, 3.63) is 118 Å². The number of hydrogen-bond acceptors (Lipinski definition) is 2. The van der Waals surface area contributed by atoms with Crippen LogP contribution >= 0.6 is 11.3 Å². The highest BCUT2D eigenvalue weighted by Gasteiger charge is 2.17. The Kier molecular flexibility index (Phi) is 6.41. The summed E-state index contributed by atoms with van der Waals surface area (Å²) < 4.78 is 0. The van der Waals surface area contributed by atoms with E-state index < -0.39 is 0 Å². The van der Waals surface area contributed by atoms with Crippen LogP contribution in [-0.2, 0) is 0 Å². The Balaban J connectivity index is 1.46. The van der Waals surface area contributed by atoms with Crippen molar-refractivity contribution in [2.75, 3.05) is 6.54 Å². The van der Waals surface area contributed by atoms with E-state index in [0.717, 1.165) is 22.4 Å². The second-order valence-corrected chi connectivity index (χ2v) is 8.36. The minimum Gasteiger partial charge on any atom is -0.351 e. The van der Waals surface area contributed by atoms with Crippen LogP contribution in [0, 0.1) is 6.92 Å². The Morgan fingerprint density at radius 3 is 2.03 bits per heavy atom. The molecule has 0 saturated heterocycles. The highest BCUT2D eigenvalue weighted by Crippen LogP contribution is 2.30. The molecule has 3 aromatic carbocycles. The smallest absolute Gasteiger partial charge is 0.261 e. The van der Waals surface area contributed by atoms with E-state index in [1.165, 1.54) is 28.0 Å². The first kappa shape index (κ1) is 20.1. The van der Waals surface area contributed by atoms with Crippen molar-refractivity contribution >= 4 is 17.2 Å². The van der Waals surface area contributed by atoms with Gasteiger partial charge in [-0.25, -0.2) is 0 Å². The first-order valence-corrected chi connectivity index (χ1v) is 11.1. The summed E-state index contributed by atoms with van der Waals surface area (Å²) in [6.45, 7) is 2.69. The molecule has 0 aliphatic heterocycles. The van der Waals surface area contributed by atoms with Crippen LogP contribution in [0.5, 0.6) is 0 Å². The molecular formula is C27H25NOS. The van der Waals surface area contributed by atoms with Crippen molar-refractivity contribution < 1.29 is 4.79 Å². The number of aryl methyl sites for hydroxylation is 1. The Morgan fingerprint density at radius 2 is 1.43 bits per heavy atom. The molecule has 150 valence electrons. The van der Waals surface area contributed by atoms with E-state index in [4.69, 9.17) is 0 Å². The standard InChI is InChI=1S/C27H25NOS/c1-20-12-14-23(15-13-20)25-17-19-30-26(25)27(29)28-18-16-24(21-8-4-2-5-9-21)22-10-6-3-7-11-22/h2-15,17,19,24H,16,18H2,1H3,(H,28,29). The number of carbonyl (C=O) groups is 1. The second-order valence-electron chi connectivity index (χ2n) is 7.45. The molecule has 0 unspecified atom stereocenters. The van der Waals surface area contributed by atoms with Gasteiger partial charge in [0.1, 0.15) is 0 Å². The van der Waals surface area contributed by atoms with Crippen LogP contribution in [0.2, 0.25) is 0 Å². The van der Waals surface area contributed by atoms with Crippen molar-refractivity contribution in [2.24, 2.45) is 0 Å². The van der Waals surface area contributed by atoms with Crippen molar-refractivity contribution in [3.8, 4) is 11.1 Å². The number of carbonyl (C=O) groups excluding carboxylic acids is 1. The van der Waals surface area contributed by atoms with Crippen LogP contribution < -0.4 is 5.32 Å². The Hall–Kier alpha value is -3.17. The predicted octanol–water partition coefficient (Wildman–Crippen LogP) is 6.68. The van der Waals surface area contributed by atoms with Gasteiger partial charge >= 0.3 is 0 Å². The third-order valence-electron chi connectivity index (χ3n) is 5.36. The third-order valence-corrected chi connectivity index (χ3v) is 6.27. The average molecular weight is 412 g/mol.